The molecule has 0 bridgehead atoms. The van der Waals surface area contributed by atoms with Crippen molar-refractivity contribution in [2.75, 3.05) is 17.2 Å². The lowest BCUT2D eigenvalue weighted by Gasteiger charge is -2.15. The molecule has 0 aromatic heterocycles. The fourth-order valence-electron chi connectivity index (χ4n) is 2.85. The number of halogens is 1. The molecule has 3 aromatic rings. The summed E-state index contributed by atoms with van der Waals surface area (Å²) in [5.41, 5.74) is 1.90. The van der Waals surface area contributed by atoms with Gasteiger partial charge in [-0.3, -0.25) is 14.9 Å². The minimum absolute atomic E-state index is 0.0661. The van der Waals surface area contributed by atoms with E-state index in [1.807, 2.05) is 25.1 Å². The van der Waals surface area contributed by atoms with E-state index in [1.165, 1.54) is 0 Å². The predicted octanol–water partition coefficient (Wildman–Crippen LogP) is 5.62. The largest absolute Gasteiger partial charge is 0.493 e. The molecule has 0 aliphatic heterocycles. The lowest BCUT2D eigenvalue weighted by molar-refractivity contribution is 0.0972. The van der Waals surface area contributed by atoms with Crippen LogP contribution in [0.1, 0.15) is 34.1 Å². The van der Waals surface area contributed by atoms with Gasteiger partial charge in [0.15, 0.2) is 5.11 Å². The number of amides is 2. The van der Waals surface area contributed by atoms with Crippen molar-refractivity contribution in [3.63, 3.8) is 0 Å². The maximum Gasteiger partial charge on any atom is 0.261 e. The van der Waals surface area contributed by atoms with Crippen LogP contribution in [0.15, 0.2) is 77.3 Å². The van der Waals surface area contributed by atoms with E-state index in [0.29, 0.717) is 34.9 Å². The van der Waals surface area contributed by atoms with E-state index in [4.69, 9.17) is 17.0 Å². The smallest absolute Gasteiger partial charge is 0.261 e. The van der Waals surface area contributed by atoms with Crippen molar-refractivity contribution >= 4 is 56.4 Å². The molecule has 0 aliphatic rings. The second-order valence-corrected chi connectivity index (χ2v) is 8.09. The number of anilines is 2. The lowest BCUT2D eigenvalue weighted by Crippen LogP contribution is -2.35. The van der Waals surface area contributed by atoms with Gasteiger partial charge in [0.05, 0.1) is 23.4 Å². The first-order chi connectivity index (χ1) is 15.5. The Hall–Kier alpha value is -3.23. The molecular formula is C24H22BrN3O3S. The van der Waals surface area contributed by atoms with Crippen molar-refractivity contribution in [3.8, 4) is 5.75 Å². The molecule has 6 nitrogen and oxygen atoms in total. The first-order valence-electron chi connectivity index (χ1n) is 9.98. The van der Waals surface area contributed by atoms with Crippen molar-refractivity contribution in [3.05, 3.63) is 88.4 Å². The van der Waals surface area contributed by atoms with Crippen LogP contribution in [0.2, 0.25) is 0 Å². The van der Waals surface area contributed by atoms with Gasteiger partial charge >= 0.3 is 0 Å². The lowest BCUT2D eigenvalue weighted by atomic mass is 10.1. The maximum absolute atomic E-state index is 12.8. The summed E-state index contributed by atoms with van der Waals surface area (Å²) in [6, 6.07) is 21.3. The summed E-state index contributed by atoms with van der Waals surface area (Å²) in [5.74, 6) is -0.241. The third-order valence-corrected chi connectivity index (χ3v) is 5.02. The number of rotatable bonds is 7. The molecular weight excluding hydrogens is 490 g/mol. The molecule has 3 rings (SSSR count). The number of thiocarbonyl (C=S) groups is 1. The summed E-state index contributed by atoms with van der Waals surface area (Å²) in [5, 5.41) is 8.50. The Kier molecular flexibility index (Phi) is 8.35. The normalized spacial score (nSPS) is 10.2. The Bertz CT molecular complexity index is 1120. The topological polar surface area (TPSA) is 79.5 Å². The van der Waals surface area contributed by atoms with Crippen molar-refractivity contribution in [1.29, 1.82) is 0 Å². The van der Waals surface area contributed by atoms with Gasteiger partial charge in [0.25, 0.3) is 11.8 Å². The molecule has 0 fully saturated rings. The highest BCUT2D eigenvalue weighted by Crippen LogP contribution is 2.24. The molecule has 8 heteroatoms. The van der Waals surface area contributed by atoms with Crippen LogP contribution in [0, 0.1) is 0 Å². The number of hydrogen-bond donors (Lipinski definition) is 3. The zero-order chi connectivity index (χ0) is 22.9. The van der Waals surface area contributed by atoms with E-state index in [1.54, 1.807) is 54.6 Å². The van der Waals surface area contributed by atoms with Crippen LogP contribution >= 0.6 is 28.1 Å². The van der Waals surface area contributed by atoms with E-state index in [-0.39, 0.29) is 11.0 Å². The van der Waals surface area contributed by atoms with E-state index in [9.17, 15) is 9.59 Å². The van der Waals surface area contributed by atoms with Crippen molar-refractivity contribution in [1.82, 2.24) is 5.32 Å². The summed E-state index contributed by atoms with van der Waals surface area (Å²) in [6.07, 6.45) is 0.818. The summed E-state index contributed by atoms with van der Waals surface area (Å²) < 4.78 is 6.41. The van der Waals surface area contributed by atoms with Gasteiger partial charge in [-0.05, 0) is 61.1 Å². The molecule has 0 saturated heterocycles. The first-order valence-corrected chi connectivity index (χ1v) is 11.2. The zero-order valence-electron chi connectivity index (χ0n) is 17.4. The fraction of sp³-hybridized carbons (Fsp3) is 0.125. The van der Waals surface area contributed by atoms with E-state index in [2.05, 4.69) is 31.9 Å². The first kappa shape index (κ1) is 23.4. The second kappa shape index (κ2) is 11.4. The van der Waals surface area contributed by atoms with Gasteiger partial charge in [0.2, 0.25) is 0 Å². The summed E-state index contributed by atoms with van der Waals surface area (Å²) in [6.45, 7) is 2.48. The SMILES string of the molecule is CCCOc1ccc(Br)cc1C(=O)NC(=S)Nc1ccccc1C(=O)Nc1ccccc1. The van der Waals surface area contributed by atoms with E-state index >= 15 is 0 Å². The van der Waals surface area contributed by atoms with Crippen molar-refractivity contribution in [2.24, 2.45) is 0 Å². The van der Waals surface area contributed by atoms with E-state index in [0.717, 1.165) is 10.9 Å². The molecule has 3 N–H and O–H groups in total. The Morgan fingerprint density at radius 2 is 1.62 bits per heavy atom. The molecule has 164 valence electrons. The third kappa shape index (κ3) is 6.38. The van der Waals surface area contributed by atoms with Crippen LogP contribution in [0.4, 0.5) is 11.4 Å². The maximum atomic E-state index is 12.8. The van der Waals surface area contributed by atoms with Gasteiger partial charge in [-0.15, -0.1) is 0 Å². The van der Waals surface area contributed by atoms with Gasteiger partial charge in [-0.1, -0.05) is 53.2 Å². The number of hydrogen-bond acceptors (Lipinski definition) is 4. The highest BCUT2D eigenvalue weighted by atomic mass is 79.9. The molecule has 0 atom stereocenters. The molecule has 0 radical (unpaired) electrons. The Labute approximate surface area is 200 Å². The molecule has 0 saturated carbocycles. The monoisotopic (exact) mass is 511 g/mol. The second-order valence-electron chi connectivity index (χ2n) is 6.76. The van der Waals surface area contributed by atoms with Gasteiger partial charge in [-0.25, -0.2) is 0 Å². The number of para-hydroxylation sites is 2. The number of benzene rings is 3. The molecule has 0 unspecified atom stereocenters. The van der Waals surface area contributed by atoms with Gasteiger partial charge in [0.1, 0.15) is 5.75 Å². The minimum Gasteiger partial charge on any atom is -0.493 e. The van der Waals surface area contributed by atoms with Crippen molar-refractivity contribution in [2.45, 2.75) is 13.3 Å². The van der Waals surface area contributed by atoms with E-state index < -0.39 is 5.91 Å². The minimum atomic E-state index is -0.416. The average Bonchev–Trinajstić information content (AvgIpc) is 2.79. The number of carbonyl (C=O) groups excluding carboxylic acids is 2. The standard InChI is InChI=1S/C24H22BrN3O3S/c1-2-14-31-21-13-12-16(25)15-19(21)23(30)28-24(32)27-20-11-7-6-10-18(20)22(29)26-17-8-4-3-5-9-17/h3-13,15H,2,14H2,1H3,(H,26,29)(H2,27,28,30,32). The van der Waals surface area contributed by atoms with Gasteiger partial charge in [-0.2, -0.15) is 0 Å². The Morgan fingerprint density at radius 1 is 0.906 bits per heavy atom. The molecule has 0 spiro atoms. The number of carbonyl (C=O) groups is 2. The average molecular weight is 512 g/mol. The van der Waals surface area contributed by atoms with Crippen LogP contribution < -0.4 is 20.7 Å². The van der Waals surface area contributed by atoms with Crippen LogP contribution in [0.25, 0.3) is 0 Å². The van der Waals surface area contributed by atoms with Gasteiger partial charge in [0, 0.05) is 10.2 Å². The summed E-state index contributed by atoms with van der Waals surface area (Å²) in [4.78, 5) is 25.6. The molecule has 3 aromatic carbocycles. The summed E-state index contributed by atoms with van der Waals surface area (Å²) in [7, 11) is 0. The Morgan fingerprint density at radius 3 is 2.38 bits per heavy atom. The molecule has 32 heavy (non-hydrogen) atoms. The Balaban J connectivity index is 1.71. The van der Waals surface area contributed by atoms with Crippen LogP contribution in [0.3, 0.4) is 0 Å². The highest BCUT2D eigenvalue weighted by molar-refractivity contribution is 9.10. The molecule has 0 aliphatic carbocycles. The predicted molar refractivity (Wildman–Crippen MR) is 134 cm³/mol. The summed E-state index contributed by atoms with van der Waals surface area (Å²) >= 11 is 8.70. The molecule has 2 amide bonds. The molecule has 0 heterocycles. The van der Waals surface area contributed by atoms with Crippen LogP contribution in [-0.2, 0) is 0 Å². The third-order valence-electron chi connectivity index (χ3n) is 4.33. The van der Waals surface area contributed by atoms with Crippen LogP contribution in [0.5, 0.6) is 5.75 Å². The van der Waals surface area contributed by atoms with Gasteiger partial charge < -0.3 is 15.4 Å². The highest BCUT2D eigenvalue weighted by Gasteiger charge is 2.17. The quantitative estimate of drug-likeness (QED) is 0.359. The van der Waals surface area contributed by atoms with Crippen molar-refractivity contribution < 1.29 is 14.3 Å². The van der Waals surface area contributed by atoms with Crippen LogP contribution in [-0.4, -0.2) is 23.5 Å². The number of ether oxygens (including phenoxy) is 1. The fourth-order valence-corrected chi connectivity index (χ4v) is 3.42. The zero-order valence-corrected chi connectivity index (χ0v) is 19.8. The number of nitrogens with one attached hydrogen (secondary N) is 3.